The molecule has 0 heterocycles. The lowest BCUT2D eigenvalue weighted by Gasteiger charge is -2.11. The summed E-state index contributed by atoms with van der Waals surface area (Å²) in [6.45, 7) is 3.23. The monoisotopic (exact) mass is 350 g/mol. The third-order valence-corrected chi connectivity index (χ3v) is 3.42. The van der Waals surface area contributed by atoms with E-state index in [-0.39, 0.29) is 0 Å². The highest BCUT2D eigenvalue weighted by atomic mass is 79.9. The molecule has 2 aromatic carbocycles. The number of ether oxygens (including phenoxy) is 3. The Kier molecular flexibility index (Phi) is 5.93. The molecule has 112 valence electrons. The van der Waals surface area contributed by atoms with Gasteiger partial charge in [-0.15, -0.1) is 0 Å². The molecule has 0 aromatic heterocycles. The standard InChI is InChI=1S/C17H19BrO3/c1-13-7-8-16(17(11-13)19-2)21-10-4-9-20-15-6-3-5-14(18)12-15/h3,5-8,11-12H,4,9-10H2,1-2H3. The lowest BCUT2D eigenvalue weighted by Crippen LogP contribution is -2.05. The third kappa shape index (κ3) is 4.97. The van der Waals surface area contributed by atoms with Crippen LogP contribution in [0.2, 0.25) is 0 Å². The Morgan fingerprint density at radius 2 is 1.76 bits per heavy atom. The molecule has 0 aliphatic rings. The summed E-state index contributed by atoms with van der Waals surface area (Å²) in [6, 6.07) is 13.7. The van der Waals surface area contributed by atoms with E-state index in [4.69, 9.17) is 14.2 Å². The highest BCUT2D eigenvalue weighted by Crippen LogP contribution is 2.27. The second-order valence-corrected chi connectivity index (χ2v) is 5.58. The van der Waals surface area contributed by atoms with Crippen LogP contribution >= 0.6 is 15.9 Å². The van der Waals surface area contributed by atoms with E-state index in [1.54, 1.807) is 7.11 Å². The number of benzene rings is 2. The molecule has 0 amide bonds. The second kappa shape index (κ2) is 7.93. The van der Waals surface area contributed by atoms with Crippen molar-refractivity contribution in [2.45, 2.75) is 13.3 Å². The van der Waals surface area contributed by atoms with Gasteiger partial charge in [0.15, 0.2) is 11.5 Å². The molecule has 0 saturated carbocycles. The summed E-state index contributed by atoms with van der Waals surface area (Å²) >= 11 is 3.42. The highest BCUT2D eigenvalue weighted by Gasteiger charge is 2.04. The summed E-state index contributed by atoms with van der Waals surface area (Å²) < 4.78 is 17.7. The van der Waals surface area contributed by atoms with Crippen LogP contribution in [0.15, 0.2) is 46.9 Å². The maximum absolute atomic E-state index is 5.73. The molecule has 0 unspecified atom stereocenters. The largest absolute Gasteiger partial charge is 0.493 e. The summed E-state index contributed by atoms with van der Waals surface area (Å²) in [4.78, 5) is 0. The zero-order valence-electron chi connectivity index (χ0n) is 12.3. The summed E-state index contributed by atoms with van der Waals surface area (Å²) in [5.41, 5.74) is 1.15. The van der Waals surface area contributed by atoms with E-state index in [0.717, 1.165) is 33.7 Å². The number of halogens is 1. The molecule has 0 N–H and O–H groups in total. The first kappa shape index (κ1) is 15.7. The van der Waals surface area contributed by atoms with Gasteiger partial charge in [0.25, 0.3) is 0 Å². The van der Waals surface area contributed by atoms with Crippen molar-refractivity contribution in [3.63, 3.8) is 0 Å². The topological polar surface area (TPSA) is 27.7 Å². The van der Waals surface area contributed by atoms with E-state index in [1.165, 1.54) is 0 Å². The fourth-order valence-electron chi connectivity index (χ4n) is 1.88. The van der Waals surface area contributed by atoms with Gasteiger partial charge in [0.05, 0.1) is 20.3 Å². The first-order valence-electron chi connectivity index (χ1n) is 6.85. The summed E-state index contributed by atoms with van der Waals surface area (Å²) in [5, 5.41) is 0. The van der Waals surface area contributed by atoms with Crippen LogP contribution in [0.25, 0.3) is 0 Å². The predicted molar refractivity (Wildman–Crippen MR) is 87.5 cm³/mol. The zero-order valence-corrected chi connectivity index (χ0v) is 13.9. The maximum Gasteiger partial charge on any atom is 0.161 e. The Morgan fingerprint density at radius 1 is 0.952 bits per heavy atom. The Morgan fingerprint density at radius 3 is 2.52 bits per heavy atom. The van der Waals surface area contributed by atoms with E-state index >= 15 is 0 Å². The van der Waals surface area contributed by atoms with Crippen molar-refractivity contribution in [3.8, 4) is 17.2 Å². The van der Waals surface area contributed by atoms with Crippen molar-refractivity contribution in [2.24, 2.45) is 0 Å². The van der Waals surface area contributed by atoms with Gasteiger partial charge in [0.1, 0.15) is 5.75 Å². The van der Waals surface area contributed by atoms with Gasteiger partial charge in [-0.25, -0.2) is 0 Å². The SMILES string of the molecule is COc1cc(C)ccc1OCCCOc1cccc(Br)c1. The first-order chi connectivity index (χ1) is 10.2. The van der Waals surface area contributed by atoms with Crippen LogP contribution in [0.5, 0.6) is 17.2 Å². The molecule has 0 saturated heterocycles. The van der Waals surface area contributed by atoms with Gasteiger partial charge in [0, 0.05) is 10.9 Å². The van der Waals surface area contributed by atoms with Gasteiger partial charge in [-0.2, -0.15) is 0 Å². The predicted octanol–water partition coefficient (Wildman–Crippen LogP) is 4.61. The van der Waals surface area contributed by atoms with Gasteiger partial charge in [-0.3, -0.25) is 0 Å². The molecule has 3 nitrogen and oxygen atoms in total. The molecule has 2 rings (SSSR count). The number of methoxy groups -OCH3 is 1. The first-order valence-corrected chi connectivity index (χ1v) is 7.64. The van der Waals surface area contributed by atoms with Gasteiger partial charge in [-0.1, -0.05) is 28.1 Å². The zero-order chi connectivity index (χ0) is 15.1. The van der Waals surface area contributed by atoms with Gasteiger partial charge in [-0.05, 0) is 42.8 Å². The molecule has 0 atom stereocenters. The Labute approximate surface area is 134 Å². The number of hydrogen-bond donors (Lipinski definition) is 0. The number of aryl methyl sites for hydroxylation is 1. The molecule has 0 fully saturated rings. The highest BCUT2D eigenvalue weighted by molar-refractivity contribution is 9.10. The van der Waals surface area contributed by atoms with Gasteiger partial charge in [0.2, 0.25) is 0 Å². The smallest absolute Gasteiger partial charge is 0.161 e. The van der Waals surface area contributed by atoms with Crippen LogP contribution < -0.4 is 14.2 Å². The summed E-state index contributed by atoms with van der Waals surface area (Å²) in [6.07, 6.45) is 0.809. The van der Waals surface area contributed by atoms with E-state index in [1.807, 2.05) is 49.4 Å². The Bertz CT molecular complexity index is 584. The van der Waals surface area contributed by atoms with Crippen molar-refractivity contribution in [3.05, 3.63) is 52.5 Å². The molecular weight excluding hydrogens is 332 g/mol. The van der Waals surface area contributed by atoms with Gasteiger partial charge >= 0.3 is 0 Å². The van der Waals surface area contributed by atoms with Crippen molar-refractivity contribution in [1.29, 1.82) is 0 Å². The van der Waals surface area contributed by atoms with Crippen LogP contribution in [0.3, 0.4) is 0 Å². The lowest BCUT2D eigenvalue weighted by atomic mass is 10.2. The quantitative estimate of drug-likeness (QED) is 0.682. The Balaban J connectivity index is 1.75. The minimum absolute atomic E-state index is 0.591. The van der Waals surface area contributed by atoms with E-state index in [2.05, 4.69) is 15.9 Å². The summed E-state index contributed by atoms with van der Waals surface area (Å²) in [7, 11) is 1.65. The average molecular weight is 351 g/mol. The molecular formula is C17H19BrO3. The molecule has 0 bridgehead atoms. The molecule has 0 aliphatic heterocycles. The molecule has 0 radical (unpaired) electrons. The number of rotatable bonds is 7. The average Bonchev–Trinajstić information content (AvgIpc) is 2.48. The van der Waals surface area contributed by atoms with E-state index in [0.29, 0.717) is 13.2 Å². The van der Waals surface area contributed by atoms with Crippen LogP contribution in [-0.2, 0) is 0 Å². The minimum atomic E-state index is 0.591. The molecule has 21 heavy (non-hydrogen) atoms. The maximum atomic E-state index is 5.73. The van der Waals surface area contributed by atoms with Crippen LogP contribution in [-0.4, -0.2) is 20.3 Å². The van der Waals surface area contributed by atoms with Crippen LogP contribution in [0.4, 0.5) is 0 Å². The second-order valence-electron chi connectivity index (χ2n) is 4.66. The molecule has 4 heteroatoms. The summed E-state index contributed by atoms with van der Waals surface area (Å²) in [5.74, 6) is 2.39. The normalized spacial score (nSPS) is 10.2. The fourth-order valence-corrected chi connectivity index (χ4v) is 2.26. The minimum Gasteiger partial charge on any atom is -0.493 e. The van der Waals surface area contributed by atoms with Crippen molar-refractivity contribution >= 4 is 15.9 Å². The third-order valence-electron chi connectivity index (χ3n) is 2.93. The Hall–Kier alpha value is -1.68. The van der Waals surface area contributed by atoms with Crippen LogP contribution in [0.1, 0.15) is 12.0 Å². The van der Waals surface area contributed by atoms with Gasteiger partial charge < -0.3 is 14.2 Å². The molecule has 0 aliphatic carbocycles. The van der Waals surface area contributed by atoms with Crippen molar-refractivity contribution in [2.75, 3.05) is 20.3 Å². The van der Waals surface area contributed by atoms with E-state index in [9.17, 15) is 0 Å². The fraction of sp³-hybridized carbons (Fsp3) is 0.294. The van der Waals surface area contributed by atoms with Crippen molar-refractivity contribution < 1.29 is 14.2 Å². The molecule has 0 spiro atoms. The lowest BCUT2D eigenvalue weighted by molar-refractivity contribution is 0.240. The molecule has 2 aromatic rings. The van der Waals surface area contributed by atoms with Crippen LogP contribution in [0, 0.1) is 6.92 Å². The van der Waals surface area contributed by atoms with E-state index < -0.39 is 0 Å². The van der Waals surface area contributed by atoms with Crippen molar-refractivity contribution in [1.82, 2.24) is 0 Å². The number of hydrogen-bond acceptors (Lipinski definition) is 3.